The van der Waals surface area contributed by atoms with E-state index in [9.17, 15) is 14.3 Å². The number of aliphatic carboxylic acids is 1. The molecule has 0 aromatic heterocycles. The van der Waals surface area contributed by atoms with Crippen molar-refractivity contribution in [1.29, 1.82) is 0 Å². The van der Waals surface area contributed by atoms with E-state index in [0.29, 0.717) is 13.0 Å². The minimum atomic E-state index is -0.816. The van der Waals surface area contributed by atoms with E-state index in [2.05, 4.69) is 0 Å². The summed E-state index contributed by atoms with van der Waals surface area (Å²) in [6.07, 6.45) is 1.45. The van der Waals surface area contributed by atoms with Crippen molar-refractivity contribution >= 4 is 11.7 Å². The summed E-state index contributed by atoms with van der Waals surface area (Å²) < 4.78 is 13.8. The number of benzene rings is 2. The molecule has 5 heteroatoms. The zero-order valence-electron chi connectivity index (χ0n) is 14.5. The maximum absolute atomic E-state index is 13.8. The highest BCUT2D eigenvalue weighted by Gasteiger charge is 2.36. The largest absolute Gasteiger partial charge is 0.480 e. The maximum atomic E-state index is 13.8. The number of carboxylic acids is 1. The molecule has 1 aliphatic rings. The standard InChI is InChI=1S/C20H23FN2O2/c1-22(2)17-10-8-14(9-11-17)19(15-5-3-6-16(21)13-15)23-12-4-7-18(23)20(24)25/h3,5-6,8-11,13,18-19H,4,7,12H2,1-2H3,(H,24,25). The summed E-state index contributed by atoms with van der Waals surface area (Å²) in [4.78, 5) is 15.7. The molecular weight excluding hydrogens is 319 g/mol. The summed E-state index contributed by atoms with van der Waals surface area (Å²) in [6.45, 7) is 0.688. The second-order valence-corrected chi connectivity index (χ2v) is 6.68. The minimum Gasteiger partial charge on any atom is -0.480 e. The molecule has 2 aromatic rings. The van der Waals surface area contributed by atoms with Gasteiger partial charge in [-0.05, 0) is 48.2 Å². The van der Waals surface area contributed by atoms with Crippen LogP contribution in [-0.4, -0.2) is 42.7 Å². The first-order chi connectivity index (χ1) is 12.0. The van der Waals surface area contributed by atoms with Gasteiger partial charge in [0.15, 0.2) is 0 Å². The molecular formula is C20H23FN2O2. The van der Waals surface area contributed by atoms with Crippen LogP contribution >= 0.6 is 0 Å². The summed E-state index contributed by atoms with van der Waals surface area (Å²) in [5.41, 5.74) is 2.83. The van der Waals surface area contributed by atoms with Gasteiger partial charge >= 0.3 is 5.97 Å². The predicted octanol–water partition coefficient (Wildman–Crippen LogP) is 3.53. The van der Waals surface area contributed by atoms with Gasteiger partial charge in [0.1, 0.15) is 11.9 Å². The summed E-state index contributed by atoms with van der Waals surface area (Å²) in [6, 6.07) is 13.7. The molecule has 2 unspecified atom stereocenters. The molecule has 3 rings (SSSR count). The van der Waals surface area contributed by atoms with E-state index in [1.165, 1.54) is 12.1 Å². The fourth-order valence-corrected chi connectivity index (χ4v) is 3.57. The van der Waals surface area contributed by atoms with Crippen molar-refractivity contribution in [3.8, 4) is 0 Å². The summed E-state index contributed by atoms with van der Waals surface area (Å²) in [5, 5.41) is 9.58. The Balaban J connectivity index is 2.04. The number of likely N-dealkylation sites (tertiary alicyclic amines) is 1. The SMILES string of the molecule is CN(C)c1ccc(C(c2cccc(F)c2)N2CCCC2C(=O)O)cc1. The van der Waals surface area contributed by atoms with Crippen LogP contribution in [0, 0.1) is 5.82 Å². The topological polar surface area (TPSA) is 43.8 Å². The van der Waals surface area contributed by atoms with E-state index in [0.717, 1.165) is 23.2 Å². The Kier molecular flexibility index (Phi) is 5.04. The monoisotopic (exact) mass is 342 g/mol. The number of carboxylic acid groups (broad SMARTS) is 1. The van der Waals surface area contributed by atoms with E-state index in [1.807, 2.05) is 54.2 Å². The zero-order valence-corrected chi connectivity index (χ0v) is 14.5. The van der Waals surface area contributed by atoms with Crippen LogP contribution in [0.25, 0.3) is 0 Å². The number of rotatable bonds is 5. The number of carbonyl (C=O) groups is 1. The molecule has 2 atom stereocenters. The quantitative estimate of drug-likeness (QED) is 0.903. The van der Waals surface area contributed by atoms with Crippen LogP contribution in [0.4, 0.5) is 10.1 Å². The van der Waals surface area contributed by atoms with Crippen molar-refractivity contribution in [2.45, 2.75) is 24.9 Å². The number of nitrogens with zero attached hydrogens (tertiary/aromatic N) is 2. The molecule has 1 heterocycles. The number of hydrogen-bond donors (Lipinski definition) is 1. The lowest BCUT2D eigenvalue weighted by Gasteiger charge is -2.32. The first kappa shape index (κ1) is 17.4. The first-order valence-corrected chi connectivity index (χ1v) is 8.48. The average molecular weight is 342 g/mol. The summed E-state index contributed by atoms with van der Waals surface area (Å²) in [5.74, 6) is -1.12. The lowest BCUT2D eigenvalue weighted by Crippen LogP contribution is -2.39. The first-order valence-electron chi connectivity index (χ1n) is 8.48. The van der Waals surface area contributed by atoms with E-state index < -0.39 is 12.0 Å². The van der Waals surface area contributed by atoms with Crippen LogP contribution in [0.5, 0.6) is 0 Å². The van der Waals surface area contributed by atoms with Crippen LogP contribution in [0.1, 0.15) is 30.0 Å². The van der Waals surface area contributed by atoms with Crippen molar-refractivity contribution in [3.05, 3.63) is 65.5 Å². The third kappa shape index (κ3) is 3.66. The molecule has 0 spiro atoms. The Hall–Kier alpha value is -2.40. The Morgan fingerprint density at radius 2 is 1.92 bits per heavy atom. The lowest BCUT2D eigenvalue weighted by molar-refractivity contribution is -0.142. The molecule has 0 saturated carbocycles. The van der Waals surface area contributed by atoms with Gasteiger partial charge in [-0.15, -0.1) is 0 Å². The third-order valence-electron chi connectivity index (χ3n) is 4.80. The van der Waals surface area contributed by atoms with Crippen LogP contribution in [0.2, 0.25) is 0 Å². The van der Waals surface area contributed by atoms with Gasteiger partial charge in [-0.3, -0.25) is 9.69 Å². The molecule has 4 nitrogen and oxygen atoms in total. The van der Waals surface area contributed by atoms with E-state index in [-0.39, 0.29) is 11.9 Å². The van der Waals surface area contributed by atoms with Gasteiger partial charge in [0.25, 0.3) is 0 Å². The molecule has 0 bridgehead atoms. The molecule has 1 aliphatic heterocycles. The lowest BCUT2D eigenvalue weighted by atomic mass is 9.96. The molecule has 1 fully saturated rings. The van der Waals surface area contributed by atoms with Crippen LogP contribution in [0.15, 0.2) is 48.5 Å². The van der Waals surface area contributed by atoms with Gasteiger partial charge in [0, 0.05) is 26.3 Å². The van der Waals surface area contributed by atoms with Crippen molar-refractivity contribution < 1.29 is 14.3 Å². The highest BCUT2D eigenvalue weighted by Crippen LogP contribution is 2.35. The minimum absolute atomic E-state index is 0.268. The molecule has 1 saturated heterocycles. The number of halogens is 1. The van der Waals surface area contributed by atoms with Crippen molar-refractivity contribution in [1.82, 2.24) is 4.90 Å². The Morgan fingerprint density at radius 1 is 1.20 bits per heavy atom. The van der Waals surface area contributed by atoms with Gasteiger partial charge < -0.3 is 10.0 Å². The fraction of sp³-hybridized carbons (Fsp3) is 0.350. The summed E-state index contributed by atoms with van der Waals surface area (Å²) in [7, 11) is 3.94. The Bertz CT molecular complexity index is 746. The van der Waals surface area contributed by atoms with Crippen LogP contribution < -0.4 is 4.90 Å². The van der Waals surface area contributed by atoms with Gasteiger partial charge in [-0.25, -0.2) is 4.39 Å². The number of anilines is 1. The molecule has 0 radical (unpaired) electrons. The van der Waals surface area contributed by atoms with Gasteiger partial charge in [-0.1, -0.05) is 24.3 Å². The molecule has 132 valence electrons. The highest BCUT2D eigenvalue weighted by molar-refractivity contribution is 5.74. The van der Waals surface area contributed by atoms with Crippen LogP contribution in [-0.2, 0) is 4.79 Å². The van der Waals surface area contributed by atoms with Crippen LogP contribution in [0.3, 0.4) is 0 Å². The number of hydrogen-bond acceptors (Lipinski definition) is 3. The molecule has 0 amide bonds. The van der Waals surface area contributed by atoms with E-state index >= 15 is 0 Å². The second-order valence-electron chi connectivity index (χ2n) is 6.68. The zero-order chi connectivity index (χ0) is 18.0. The van der Waals surface area contributed by atoms with E-state index in [1.54, 1.807) is 6.07 Å². The maximum Gasteiger partial charge on any atom is 0.320 e. The summed E-state index contributed by atoms with van der Waals surface area (Å²) >= 11 is 0. The predicted molar refractivity (Wildman–Crippen MR) is 96.4 cm³/mol. The average Bonchev–Trinajstić information content (AvgIpc) is 3.05. The highest BCUT2D eigenvalue weighted by atomic mass is 19.1. The van der Waals surface area contributed by atoms with Gasteiger partial charge in [0.2, 0.25) is 0 Å². The van der Waals surface area contributed by atoms with Crippen molar-refractivity contribution in [2.24, 2.45) is 0 Å². The van der Waals surface area contributed by atoms with Gasteiger partial charge in [-0.2, -0.15) is 0 Å². The smallest absolute Gasteiger partial charge is 0.320 e. The molecule has 25 heavy (non-hydrogen) atoms. The normalized spacial score (nSPS) is 18.9. The molecule has 0 aliphatic carbocycles. The van der Waals surface area contributed by atoms with E-state index in [4.69, 9.17) is 0 Å². The second kappa shape index (κ2) is 7.23. The molecule has 2 aromatic carbocycles. The van der Waals surface area contributed by atoms with Gasteiger partial charge in [0.05, 0.1) is 6.04 Å². The third-order valence-corrected chi connectivity index (χ3v) is 4.80. The molecule has 1 N–H and O–H groups in total. The van der Waals surface area contributed by atoms with Crippen molar-refractivity contribution in [2.75, 3.05) is 25.5 Å². The Morgan fingerprint density at radius 3 is 2.52 bits per heavy atom. The van der Waals surface area contributed by atoms with Crippen molar-refractivity contribution in [3.63, 3.8) is 0 Å². The fourth-order valence-electron chi connectivity index (χ4n) is 3.57. The Labute approximate surface area is 147 Å².